The van der Waals surface area contributed by atoms with E-state index in [1.165, 1.54) is 11.3 Å². The maximum Gasteiger partial charge on any atom is 0.341 e. The van der Waals surface area contributed by atoms with Crippen molar-refractivity contribution in [3.8, 4) is 11.1 Å². The molecule has 1 heterocycles. The van der Waals surface area contributed by atoms with Crippen LogP contribution in [0.25, 0.3) is 11.1 Å². The van der Waals surface area contributed by atoms with Gasteiger partial charge >= 0.3 is 5.97 Å². The smallest absolute Gasteiger partial charge is 0.341 e. The lowest BCUT2D eigenvalue weighted by Gasteiger charge is -2.09. The van der Waals surface area contributed by atoms with Gasteiger partial charge in [-0.15, -0.1) is 11.3 Å². The van der Waals surface area contributed by atoms with Crippen molar-refractivity contribution in [2.45, 2.75) is 6.92 Å². The van der Waals surface area contributed by atoms with Gasteiger partial charge in [-0.3, -0.25) is 4.79 Å². The van der Waals surface area contributed by atoms with E-state index in [0.29, 0.717) is 16.1 Å². The highest BCUT2D eigenvalue weighted by molar-refractivity contribution is 9.10. The molecule has 0 aliphatic carbocycles. The highest BCUT2D eigenvalue weighted by Crippen LogP contribution is 2.37. The Hall–Kier alpha value is -1.96. The summed E-state index contributed by atoms with van der Waals surface area (Å²) in [5.41, 5.74) is 2.49. The Morgan fingerprint density at radius 1 is 1.00 bits per heavy atom. The van der Waals surface area contributed by atoms with Crippen molar-refractivity contribution < 1.29 is 14.3 Å². The number of ether oxygens (including phenoxy) is 1. The van der Waals surface area contributed by atoms with Crippen LogP contribution in [-0.2, 0) is 4.74 Å². The highest BCUT2D eigenvalue weighted by atomic mass is 79.9. The molecule has 1 amide bonds. The second-order valence-corrected chi connectivity index (χ2v) is 8.25. The van der Waals surface area contributed by atoms with Crippen LogP contribution >= 0.6 is 43.2 Å². The highest BCUT2D eigenvalue weighted by Gasteiger charge is 2.23. The predicted octanol–water partition coefficient (Wildman–Crippen LogP) is 6.37. The third-order valence-corrected chi connectivity index (χ3v) is 5.71. The van der Waals surface area contributed by atoms with Gasteiger partial charge in [0.25, 0.3) is 5.91 Å². The van der Waals surface area contributed by atoms with Crippen LogP contribution in [0.3, 0.4) is 0 Å². The number of amides is 1. The first-order chi connectivity index (χ1) is 13.0. The molecule has 1 N–H and O–H groups in total. The molecule has 0 radical (unpaired) electrons. The average Bonchev–Trinajstić information content (AvgIpc) is 3.06. The summed E-state index contributed by atoms with van der Waals surface area (Å²) in [6, 6.07) is 14.7. The van der Waals surface area contributed by atoms with Crippen LogP contribution in [0.15, 0.2) is 62.9 Å². The fourth-order valence-corrected chi connectivity index (χ4v) is 3.96. The molecular formula is C20H15Br2NO3S. The molecule has 0 bridgehead atoms. The first-order valence-electron chi connectivity index (χ1n) is 8.11. The van der Waals surface area contributed by atoms with E-state index in [9.17, 15) is 9.59 Å². The van der Waals surface area contributed by atoms with Crippen molar-refractivity contribution in [2.75, 3.05) is 11.9 Å². The molecule has 27 heavy (non-hydrogen) atoms. The Labute approximate surface area is 177 Å². The number of hydrogen-bond donors (Lipinski definition) is 1. The SMILES string of the molecule is CCOC(=O)c1c(-c2ccc(Br)cc2)csc1NC(=O)c1ccc(Br)cc1. The maximum atomic E-state index is 12.6. The number of rotatable bonds is 5. The van der Waals surface area contributed by atoms with Crippen LogP contribution < -0.4 is 5.32 Å². The molecule has 0 spiro atoms. The third kappa shape index (κ3) is 4.66. The molecule has 138 valence electrons. The van der Waals surface area contributed by atoms with E-state index in [-0.39, 0.29) is 12.5 Å². The Bertz CT molecular complexity index is 966. The monoisotopic (exact) mass is 507 g/mol. The fraction of sp³-hybridized carbons (Fsp3) is 0.100. The number of benzene rings is 2. The van der Waals surface area contributed by atoms with Gasteiger partial charge in [-0.1, -0.05) is 44.0 Å². The van der Waals surface area contributed by atoms with Gasteiger partial charge in [0.05, 0.1) is 6.61 Å². The summed E-state index contributed by atoms with van der Waals surface area (Å²) in [7, 11) is 0. The van der Waals surface area contributed by atoms with Crippen LogP contribution in [-0.4, -0.2) is 18.5 Å². The van der Waals surface area contributed by atoms with Crippen molar-refractivity contribution in [3.63, 3.8) is 0 Å². The topological polar surface area (TPSA) is 55.4 Å². The second kappa shape index (κ2) is 8.82. The second-order valence-electron chi connectivity index (χ2n) is 5.54. The van der Waals surface area contributed by atoms with Gasteiger partial charge in [0, 0.05) is 25.5 Å². The van der Waals surface area contributed by atoms with Crippen LogP contribution in [0.5, 0.6) is 0 Å². The number of nitrogens with one attached hydrogen (secondary N) is 1. The summed E-state index contributed by atoms with van der Waals surface area (Å²) >= 11 is 8.06. The van der Waals surface area contributed by atoms with Crippen LogP contribution in [0, 0.1) is 0 Å². The van der Waals surface area contributed by atoms with Crippen molar-refractivity contribution in [1.29, 1.82) is 0 Å². The van der Waals surface area contributed by atoms with Crippen LogP contribution in [0.1, 0.15) is 27.6 Å². The molecule has 0 aliphatic rings. The number of esters is 1. The van der Waals surface area contributed by atoms with Gasteiger partial charge in [0.15, 0.2) is 0 Å². The molecule has 4 nitrogen and oxygen atoms in total. The minimum atomic E-state index is -0.456. The first-order valence-corrected chi connectivity index (χ1v) is 10.6. The number of anilines is 1. The summed E-state index contributed by atoms with van der Waals surface area (Å²) in [4.78, 5) is 25.1. The van der Waals surface area contributed by atoms with Gasteiger partial charge in [0.2, 0.25) is 0 Å². The van der Waals surface area contributed by atoms with Gasteiger partial charge in [-0.2, -0.15) is 0 Å². The predicted molar refractivity (Wildman–Crippen MR) is 116 cm³/mol. The van der Waals surface area contributed by atoms with E-state index in [0.717, 1.165) is 20.1 Å². The van der Waals surface area contributed by atoms with E-state index in [1.807, 2.05) is 29.6 Å². The molecule has 3 aromatic rings. The average molecular weight is 509 g/mol. The lowest BCUT2D eigenvalue weighted by Crippen LogP contribution is -2.14. The van der Waals surface area contributed by atoms with Gasteiger partial charge in [-0.05, 0) is 48.9 Å². The normalized spacial score (nSPS) is 10.5. The number of thiophene rings is 1. The number of hydrogen-bond acceptors (Lipinski definition) is 4. The largest absolute Gasteiger partial charge is 0.462 e. The Morgan fingerprint density at radius 3 is 2.19 bits per heavy atom. The number of carbonyl (C=O) groups excluding carboxylic acids is 2. The lowest BCUT2D eigenvalue weighted by atomic mass is 10.0. The third-order valence-electron chi connectivity index (χ3n) is 3.76. The Balaban J connectivity index is 1.97. The van der Waals surface area contributed by atoms with E-state index in [4.69, 9.17) is 4.74 Å². The van der Waals surface area contributed by atoms with E-state index in [2.05, 4.69) is 37.2 Å². The molecule has 0 unspecified atom stereocenters. The van der Waals surface area contributed by atoms with Gasteiger partial charge in [-0.25, -0.2) is 4.79 Å². The molecule has 0 aliphatic heterocycles. The first kappa shape index (κ1) is 19.8. The summed E-state index contributed by atoms with van der Waals surface area (Å²) < 4.78 is 7.05. The minimum Gasteiger partial charge on any atom is -0.462 e. The molecule has 0 atom stereocenters. The summed E-state index contributed by atoms with van der Waals surface area (Å²) in [5.74, 6) is -0.736. The van der Waals surface area contributed by atoms with Crippen molar-refractivity contribution in [3.05, 3.63) is 74.0 Å². The standard InChI is InChI=1S/C20H15Br2NO3S/c1-2-26-20(25)17-16(12-3-7-14(21)8-4-12)11-27-19(17)23-18(24)13-5-9-15(22)10-6-13/h3-11H,2H2,1H3,(H,23,24). The van der Waals surface area contributed by atoms with Crippen LogP contribution in [0.2, 0.25) is 0 Å². The molecule has 2 aromatic carbocycles. The van der Waals surface area contributed by atoms with Gasteiger partial charge in [0.1, 0.15) is 10.6 Å². The van der Waals surface area contributed by atoms with E-state index in [1.54, 1.807) is 31.2 Å². The van der Waals surface area contributed by atoms with Crippen molar-refractivity contribution >= 4 is 60.1 Å². The Morgan fingerprint density at radius 2 is 1.59 bits per heavy atom. The number of halogens is 2. The maximum absolute atomic E-state index is 12.6. The molecule has 0 fully saturated rings. The quantitative estimate of drug-likeness (QED) is 0.407. The van der Waals surface area contributed by atoms with Crippen molar-refractivity contribution in [2.24, 2.45) is 0 Å². The zero-order chi connectivity index (χ0) is 19.4. The molecule has 0 saturated carbocycles. The Kier molecular flexibility index (Phi) is 6.46. The zero-order valence-electron chi connectivity index (χ0n) is 14.3. The number of carbonyl (C=O) groups is 2. The summed E-state index contributed by atoms with van der Waals surface area (Å²) in [6.07, 6.45) is 0. The summed E-state index contributed by atoms with van der Waals surface area (Å²) in [5, 5.41) is 5.17. The van der Waals surface area contributed by atoms with E-state index >= 15 is 0 Å². The van der Waals surface area contributed by atoms with Crippen LogP contribution in [0.4, 0.5) is 5.00 Å². The zero-order valence-corrected chi connectivity index (χ0v) is 18.3. The molecule has 0 saturated heterocycles. The molecule has 7 heteroatoms. The molecular weight excluding hydrogens is 494 g/mol. The lowest BCUT2D eigenvalue weighted by molar-refractivity contribution is 0.0529. The van der Waals surface area contributed by atoms with Crippen molar-refractivity contribution in [1.82, 2.24) is 0 Å². The summed E-state index contributed by atoms with van der Waals surface area (Å²) in [6.45, 7) is 2.01. The van der Waals surface area contributed by atoms with E-state index < -0.39 is 5.97 Å². The van der Waals surface area contributed by atoms with Gasteiger partial charge < -0.3 is 10.1 Å². The fourth-order valence-electron chi connectivity index (χ4n) is 2.47. The molecule has 3 rings (SSSR count). The minimum absolute atomic E-state index is 0.258. The molecule has 1 aromatic heterocycles.